The van der Waals surface area contributed by atoms with Crippen LogP contribution in [0.3, 0.4) is 0 Å². The van der Waals surface area contributed by atoms with Crippen molar-refractivity contribution in [3.8, 4) is 0 Å². The molecule has 0 aliphatic carbocycles. The molecule has 0 saturated carbocycles. The van der Waals surface area contributed by atoms with Gasteiger partial charge in [0, 0.05) is 34.3 Å². The van der Waals surface area contributed by atoms with E-state index in [2.05, 4.69) is 16.3 Å². The number of amides is 1. The summed E-state index contributed by atoms with van der Waals surface area (Å²) in [7, 11) is 0. The van der Waals surface area contributed by atoms with E-state index in [1.165, 1.54) is 23.3 Å². The standard InChI is InChI=1S/C24H23ClN2OS/c25-20-11-13-21(14-12-20)29-17-18-7-9-19(10-8-18)24(28)26-22-5-1-2-6-23(22)27-15-3-4-16-27/h1-2,5-14H,3-4,15-17H2,(H,26,28). The van der Waals surface area contributed by atoms with Gasteiger partial charge < -0.3 is 10.2 Å². The highest BCUT2D eigenvalue weighted by Gasteiger charge is 2.17. The molecule has 1 amide bonds. The lowest BCUT2D eigenvalue weighted by atomic mass is 10.1. The van der Waals surface area contributed by atoms with E-state index in [4.69, 9.17) is 11.6 Å². The summed E-state index contributed by atoms with van der Waals surface area (Å²) < 4.78 is 0. The lowest BCUT2D eigenvalue weighted by Crippen LogP contribution is -2.21. The molecule has 0 aromatic heterocycles. The molecule has 5 heteroatoms. The fourth-order valence-corrected chi connectivity index (χ4v) is 4.44. The van der Waals surface area contributed by atoms with Crippen LogP contribution in [-0.2, 0) is 5.75 Å². The molecule has 3 aromatic rings. The van der Waals surface area contributed by atoms with Crippen molar-refractivity contribution < 1.29 is 4.79 Å². The first kappa shape index (κ1) is 19.9. The summed E-state index contributed by atoms with van der Waals surface area (Å²) in [5.41, 5.74) is 3.83. The van der Waals surface area contributed by atoms with E-state index >= 15 is 0 Å². The van der Waals surface area contributed by atoms with Gasteiger partial charge in [0.05, 0.1) is 11.4 Å². The predicted molar refractivity (Wildman–Crippen MR) is 123 cm³/mol. The van der Waals surface area contributed by atoms with Crippen LogP contribution in [0.1, 0.15) is 28.8 Å². The van der Waals surface area contributed by atoms with E-state index in [9.17, 15) is 4.79 Å². The van der Waals surface area contributed by atoms with Crippen LogP contribution in [0.4, 0.5) is 11.4 Å². The monoisotopic (exact) mass is 422 g/mol. The Balaban J connectivity index is 1.39. The number of anilines is 2. The van der Waals surface area contributed by atoms with E-state index in [0.717, 1.165) is 35.2 Å². The number of para-hydroxylation sites is 2. The molecule has 29 heavy (non-hydrogen) atoms. The highest BCUT2D eigenvalue weighted by atomic mass is 35.5. The van der Waals surface area contributed by atoms with Gasteiger partial charge in [-0.15, -0.1) is 11.8 Å². The summed E-state index contributed by atoms with van der Waals surface area (Å²) in [5.74, 6) is 0.773. The van der Waals surface area contributed by atoms with Gasteiger partial charge in [0.25, 0.3) is 5.91 Å². The molecule has 4 rings (SSSR count). The normalized spacial score (nSPS) is 13.5. The van der Waals surface area contributed by atoms with Gasteiger partial charge in [0.1, 0.15) is 0 Å². The molecule has 0 radical (unpaired) electrons. The van der Waals surface area contributed by atoms with Crippen LogP contribution in [0.2, 0.25) is 5.02 Å². The molecular weight excluding hydrogens is 400 g/mol. The number of nitrogens with zero attached hydrogens (tertiary/aromatic N) is 1. The number of rotatable bonds is 6. The summed E-state index contributed by atoms with van der Waals surface area (Å²) in [5, 5.41) is 3.83. The summed E-state index contributed by atoms with van der Waals surface area (Å²) in [4.78, 5) is 16.3. The SMILES string of the molecule is O=C(Nc1ccccc1N1CCCC1)c1ccc(CSc2ccc(Cl)cc2)cc1. The first-order valence-electron chi connectivity index (χ1n) is 9.82. The van der Waals surface area contributed by atoms with Crippen LogP contribution >= 0.6 is 23.4 Å². The number of hydrogen-bond donors (Lipinski definition) is 1. The van der Waals surface area contributed by atoms with Crippen molar-refractivity contribution in [3.05, 3.63) is 88.9 Å². The van der Waals surface area contributed by atoms with Crippen LogP contribution in [0.15, 0.2) is 77.7 Å². The minimum atomic E-state index is -0.0754. The van der Waals surface area contributed by atoms with Gasteiger partial charge in [0.15, 0.2) is 0 Å². The van der Waals surface area contributed by atoms with Crippen LogP contribution in [-0.4, -0.2) is 19.0 Å². The molecule has 1 aliphatic rings. The van der Waals surface area contributed by atoms with Crippen molar-refractivity contribution in [1.29, 1.82) is 0 Å². The zero-order valence-corrected chi connectivity index (χ0v) is 17.7. The number of halogens is 1. The molecular formula is C24H23ClN2OS. The van der Waals surface area contributed by atoms with Crippen molar-refractivity contribution in [2.75, 3.05) is 23.3 Å². The summed E-state index contributed by atoms with van der Waals surface area (Å²) in [6, 6.07) is 23.7. The van der Waals surface area contributed by atoms with Gasteiger partial charge >= 0.3 is 0 Å². The molecule has 0 bridgehead atoms. The predicted octanol–water partition coefficient (Wildman–Crippen LogP) is 6.48. The van der Waals surface area contributed by atoms with Crippen LogP contribution < -0.4 is 10.2 Å². The Kier molecular flexibility index (Phi) is 6.43. The van der Waals surface area contributed by atoms with Crippen LogP contribution in [0.25, 0.3) is 0 Å². The molecule has 148 valence electrons. The minimum Gasteiger partial charge on any atom is -0.370 e. The molecule has 0 atom stereocenters. The minimum absolute atomic E-state index is 0.0754. The number of carbonyl (C=O) groups excluding carboxylic acids is 1. The Labute approximate surface area is 181 Å². The van der Waals surface area contributed by atoms with Gasteiger partial charge in [-0.1, -0.05) is 35.9 Å². The van der Waals surface area contributed by atoms with Gasteiger partial charge in [-0.25, -0.2) is 0 Å². The Hall–Kier alpha value is -2.43. The lowest BCUT2D eigenvalue weighted by Gasteiger charge is -2.21. The zero-order chi connectivity index (χ0) is 20.1. The molecule has 3 aromatic carbocycles. The van der Waals surface area contributed by atoms with Crippen molar-refractivity contribution in [2.45, 2.75) is 23.5 Å². The van der Waals surface area contributed by atoms with Crippen molar-refractivity contribution in [3.63, 3.8) is 0 Å². The average Bonchev–Trinajstić information content (AvgIpc) is 3.29. The number of carbonyl (C=O) groups is 1. The smallest absolute Gasteiger partial charge is 0.255 e. The summed E-state index contributed by atoms with van der Waals surface area (Å²) in [6.07, 6.45) is 2.41. The molecule has 3 nitrogen and oxygen atoms in total. The first-order chi connectivity index (χ1) is 14.2. The highest BCUT2D eigenvalue weighted by molar-refractivity contribution is 7.98. The Bertz CT molecular complexity index is 967. The summed E-state index contributed by atoms with van der Waals surface area (Å²) >= 11 is 7.68. The van der Waals surface area contributed by atoms with E-state index in [0.29, 0.717) is 5.56 Å². The molecule has 1 heterocycles. The van der Waals surface area contributed by atoms with Crippen molar-refractivity contribution >= 4 is 40.6 Å². The van der Waals surface area contributed by atoms with E-state index in [1.807, 2.05) is 66.7 Å². The van der Waals surface area contributed by atoms with Gasteiger partial charge in [-0.05, 0) is 66.9 Å². The maximum absolute atomic E-state index is 12.8. The maximum Gasteiger partial charge on any atom is 0.255 e. The van der Waals surface area contributed by atoms with Crippen molar-refractivity contribution in [1.82, 2.24) is 0 Å². The average molecular weight is 423 g/mol. The zero-order valence-electron chi connectivity index (χ0n) is 16.1. The second-order valence-corrected chi connectivity index (χ2v) is 8.59. The molecule has 0 unspecified atom stereocenters. The first-order valence-corrected chi connectivity index (χ1v) is 11.2. The fourth-order valence-electron chi connectivity index (χ4n) is 3.46. The molecule has 1 fully saturated rings. The number of nitrogens with one attached hydrogen (secondary N) is 1. The third-order valence-electron chi connectivity index (χ3n) is 5.03. The van der Waals surface area contributed by atoms with Gasteiger partial charge in [-0.2, -0.15) is 0 Å². The van der Waals surface area contributed by atoms with Crippen LogP contribution in [0.5, 0.6) is 0 Å². The Morgan fingerprint density at radius 1 is 0.931 bits per heavy atom. The van der Waals surface area contributed by atoms with Crippen molar-refractivity contribution in [2.24, 2.45) is 0 Å². The number of hydrogen-bond acceptors (Lipinski definition) is 3. The fraction of sp³-hybridized carbons (Fsp3) is 0.208. The summed E-state index contributed by atoms with van der Waals surface area (Å²) in [6.45, 7) is 2.10. The van der Waals surface area contributed by atoms with Gasteiger partial charge in [0.2, 0.25) is 0 Å². The van der Waals surface area contributed by atoms with E-state index < -0.39 is 0 Å². The third kappa shape index (κ3) is 5.14. The number of benzene rings is 3. The third-order valence-corrected chi connectivity index (χ3v) is 6.37. The quantitative estimate of drug-likeness (QED) is 0.461. The number of thioether (sulfide) groups is 1. The Morgan fingerprint density at radius 3 is 2.34 bits per heavy atom. The van der Waals surface area contributed by atoms with E-state index in [-0.39, 0.29) is 5.91 Å². The Morgan fingerprint density at radius 2 is 1.62 bits per heavy atom. The maximum atomic E-state index is 12.8. The molecule has 1 N–H and O–H groups in total. The van der Waals surface area contributed by atoms with Gasteiger partial charge in [-0.3, -0.25) is 4.79 Å². The second-order valence-electron chi connectivity index (χ2n) is 7.10. The topological polar surface area (TPSA) is 32.3 Å². The molecule has 0 spiro atoms. The molecule has 1 saturated heterocycles. The molecule has 1 aliphatic heterocycles. The van der Waals surface area contributed by atoms with E-state index in [1.54, 1.807) is 11.8 Å². The largest absolute Gasteiger partial charge is 0.370 e. The highest BCUT2D eigenvalue weighted by Crippen LogP contribution is 2.29. The lowest BCUT2D eigenvalue weighted by molar-refractivity contribution is 0.102. The van der Waals surface area contributed by atoms with Crippen LogP contribution in [0, 0.1) is 0 Å². The second kappa shape index (κ2) is 9.38.